The number of sulfonamides is 1. The molecule has 0 spiro atoms. The Morgan fingerprint density at radius 2 is 1.94 bits per heavy atom. The summed E-state index contributed by atoms with van der Waals surface area (Å²) in [5, 5.41) is 18.6. The third-order valence-electron chi connectivity index (χ3n) is 1.89. The van der Waals surface area contributed by atoms with Gasteiger partial charge in [-0.25, -0.2) is 13.1 Å². The van der Waals surface area contributed by atoms with Crippen LogP contribution in [-0.4, -0.2) is 19.9 Å². The van der Waals surface area contributed by atoms with E-state index < -0.39 is 14.9 Å². The molecule has 0 aliphatic heterocycles. The molecule has 0 saturated carbocycles. The Kier molecular flexibility index (Phi) is 4.14. The zero-order chi connectivity index (χ0) is 12.9. The van der Waals surface area contributed by atoms with E-state index in [0.717, 1.165) is 24.3 Å². The Balaban J connectivity index is 2.86. The standard InChI is InChI=1S/C9H9N3O4S/c10-6-1-7-11-17(15,16)9-4-2-8(3-5-9)12(13)14/h2-5,11H,1,7H2. The van der Waals surface area contributed by atoms with Gasteiger partial charge in [-0.15, -0.1) is 0 Å². The molecule has 0 aliphatic carbocycles. The van der Waals surface area contributed by atoms with Crippen LogP contribution in [0.15, 0.2) is 29.2 Å². The van der Waals surface area contributed by atoms with Gasteiger partial charge in [0.1, 0.15) is 0 Å². The van der Waals surface area contributed by atoms with Gasteiger partial charge in [0.2, 0.25) is 10.0 Å². The maximum absolute atomic E-state index is 11.6. The third kappa shape index (κ3) is 3.51. The van der Waals surface area contributed by atoms with Crippen LogP contribution in [0.3, 0.4) is 0 Å². The maximum atomic E-state index is 11.6. The SMILES string of the molecule is N#CCCNS(=O)(=O)c1ccc([N+](=O)[O-])cc1. The smallest absolute Gasteiger partial charge is 0.258 e. The van der Waals surface area contributed by atoms with E-state index >= 15 is 0 Å². The number of hydrogen-bond donors (Lipinski definition) is 1. The summed E-state index contributed by atoms with van der Waals surface area (Å²) in [5.74, 6) is 0. The Morgan fingerprint density at radius 1 is 1.35 bits per heavy atom. The molecular formula is C9H9N3O4S. The van der Waals surface area contributed by atoms with E-state index in [4.69, 9.17) is 5.26 Å². The average molecular weight is 255 g/mol. The Hall–Kier alpha value is -1.98. The highest BCUT2D eigenvalue weighted by molar-refractivity contribution is 7.89. The molecule has 8 heteroatoms. The number of benzene rings is 1. The highest BCUT2D eigenvalue weighted by atomic mass is 32.2. The summed E-state index contributed by atoms with van der Waals surface area (Å²) in [6.07, 6.45) is 0.0617. The predicted octanol–water partition coefficient (Wildman–Crippen LogP) is 0.787. The van der Waals surface area contributed by atoms with Crippen molar-refractivity contribution in [2.75, 3.05) is 6.54 Å². The summed E-state index contributed by atoms with van der Waals surface area (Å²) < 4.78 is 25.4. The summed E-state index contributed by atoms with van der Waals surface area (Å²) in [7, 11) is -3.70. The van der Waals surface area contributed by atoms with Crippen molar-refractivity contribution >= 4 is 15.7 Å². The maximum Gasteiger partial charge on any atom is 0.269 e. The molecule has 90 valence electrons. The van der Waals surface area contributed by atoms with Crippen molar-refractivity contribution in [1.29, 1.82) is 5.26 Å². The minimum Gasteiger partial charge on any atom is -0.258 e. The minimum atomic E-state index is -3.70. The molecule has 17 heavy (non-hydrogen) atoms. The van der Waals surface area contributed by atoms with E-state index in [9.17, 15) is 18.5 Å². The van der Waals surface area contributed by atoms with Crippen molar-refractivity contribution in [3.8, 4) is 6.07 Å². The average Bonchev–Trinajstić information content (AvgIpc) is 2.29. The molecule has 0 aliphatic rings. The zero-order valence-corrected chi connectivity index (χ0v) is 9.48. The van der Waals surface area contributed by atoms with Crippen LogP contribution in [0.2, 0.25) is 0 Å². The first-order valence-electron chi connectivity index (χ1n) is 4.58. The van der Waals surface area contributed by atoms with Crippen molar-refractivity contribution in [1.82, 2.24) is 4.72 Å². The zero-order valence-electron chi connectivity index (χ0n) is 8.66. The second-order valence-electron chi connectivity index (χ2n) is 3.06. The third-order valence-corrected chi connectivity index (χ3v) is 3.36. The molecule has 0 amide bonds. The van der Waals surface area contributed by atoms with Gasteiger partial charge >= 0.3 is 0 Å². The molecule has 0 radical (unpaired) electrons. The normalized spacial score (nSPS) is 10.8. The molecule has 1 rings (SSSR count). The lowest BCUT2D eigenvalue weighted by molar-refractivity contribution is -0.384. The Bertz CT molecular complexity index is 545. The summed E-state index contributed by atoms with van der Waals surface area (Å²) in [6.45, 7) is 0.00974. The highest BCUT2D eigenvalue weighted by Crippen LogP contribution is 2.15. The molecule has 0 bridgehead atoms. The van der Waals surface area contributed by atoms with Gasteiger partial charge in [0.15, 0.2) is 0 Å². The number of hydrogen-bond acceptors (Lipinski definition) is 5. The minimum absolute atomic E-state index is 0.00974. The second-order valence-corrected chi connectivity index (χ2v) is 4.82. The van der Waals surface area contributed by atoms with Gasteiger partial charge in [-0.1, -0.05) is 0 Å². The Labute approximate surface area is 97.9 Å². The van der Waals surface area contributed by atoms with E-state index in [-0.39, 0.29) is 23.5 Å². The highest BCUT2D eigenvalue weighted by Gasteiger charge is 2.14. The van der Waals surface area contributed by atoms with Crippen LogP contribution >= 0.6 is 0 Å². The summed E-state index contributed by atoms with van der Waals surface area (Å²) >= 11 is 0. The Morgan fingerprint density at radius 3 is 2.41 bits per heavy atom. The van der Waals surface area contributed by atoms with E-state index in [2.05, 4.69) is 4.72 Å². The van der Waals surface area contributed by atoms with Gasteiger partial charge in [0, 0.05) is 25.1 Å². The molecule has 0 aromatic heterocycles. The summed E-state index contributed by atoms with van der Waals surface area (Å²) in [5.41, 5.74) is -0.180. The first-order chi connectivity index (χ1) is 7.97. The van der Waals surface area contributed by atoms with Crippen molar-refractivity contribution in [3.63, 3.8) is 0 Å². The van der Waals surface area contributed by atoms with Gasteiger partial charge in [0.05, 0.1) is 15.9 Å². The van der Waals surface area contributed by atoms with Gasteiger partial charge in [-0.05, 0) is 12.1 Å². The monoisotopic (exact) mass is 255 g/mol. The van der Waals surface area contributed by atoms with Gasteiger partial charge in [-0.3, -0.25) is 10.1 Å². The molecule has 1 N–H and O–H groups in total. The molecule has 0 heterocycles. The van der Waals surface area contributed by atoms with Crippen LogP contribution in [0.5, 0.6) is 0 Å². The lowest BCUT2D eigenvalue weighted by atomic mass is 10.3. The van der Waals surface area contributed by atoms with Crippen LogP contribution in [0.25, 0.3) is 0 Å². The fraction of sp³-hybridized carbons (Fsp3) is 0.222. The van der Waals surface area contributed by atoms with Crippen molar-refractivity contribution in [3.05, 3.63) is 34.4 Å². The quantitative estimate of drug-likeness (QED) is 0.474. The van der Waals surface area contributed by atoms with Crippen LogP contribution < -0.4 is 4.72 Å². The van der Waals surface area contributed by atoms with Crippen LogP contribution in [-0.2, 0) is 10.0 Å². The number of nitriles is 1. The first kappa shape index (κ1) is 13.1. The van der Waals surface area contributed by atoms with Gasteiger partial charge in [-0.2, -0.15) is 5.26 Å². The number of nitrogens with zero attached hydrogens (tertiary/aromatic N) is 2. The van der Waals surface area contributed by atoms with E-state index in [1.807, 2.05) is 0 Å². The van der Waals surface area contributed by atoms with E-state index in [0.29, 0.717) is 0 Å². The number of nitro groups is 1. The lowest BCUT2D eigenvalue weighted by Gasteiger charge is -2.04. The first-order valence-corrected chi connectivity index (χ1v) is 6.07. The van der Waals surface area contributed by atoms with Crippen LogP contribution in [0.1, 0.15) is 6.42 Å². The molecule has 1 aromatic rings. The molecule has 7 nitrogen and oxygen atoms in total. The molecule has 0 fully saturated rings. The molecule has 0 saturated heterocycles. The van der Waals surface area contributed by atoms with E-state index in [1.165, 1.54) is 0 Å². The summed E-state index contributed by atoms with van der Waals surface area (Å²) in [6, 6.07) is 6.31. The predicted molar refractivity (Wildman–Crippen MR) is 58.5 cm³/mol. The molecule has 0 atom stereocenters. The number of non-ortho nitro benzene ring substituents is 1. The van der Waals surface area contributed by atoms with E-state index in [1.54, 1.807) is 6.07 Å². The molecule has 0 unspecified atom stereocenters. The molecular weight excluding hydrogens is 246 g/mol. The fourth-order valence-corrected chi connectivity index (χ4v) is 2.10. The summed E-state index contributed by atoms with van der Waals surface area (Å²) in [4.78, 5) is 9.70. The second kappa shape index (κ2) is 5.38. The number of rotatable bonds is 5. The number of nitrogens with one attached hydrogen (secondary N) is 1. The van der Waals surface area contributed by atoms with Crippen LogP contribution in [0.4, 0.5) is 5.69 Å². The molecule has 1 aromatic carbocycles. The van der Waals surface area contributed by atoms with Gasteiger partial charge < -0.3 is 0 Å². The van der Waals surface area contributed by atoms with Crippen molar-refractivity contribution in [2.24, 2.45) is 0 Å². The van der Waals surface area contributed by atoms with Crippen molar-refractivity contribution in [2.45, 2.75) is 11.3 Å². The van der Waals surface area contributed by atoms with Gasteiger partial charge in [0.25, 0.3) is 5.69 Å². The van der Waals surface area contributed by atoms with Crippen molar-refractivity contribution < 1.29 is 13.3 Å². The largest absolute Gasteiger partial charge is 0.269 e. The number of nitro benzene ring substituents is 1. The fourth-order valence-electron chi connectivity index (χ4n) is 1.07. The lowest BCUT2D eigenvalue weighted by Crippen LogP contribution is -2.24. The topological polar surface area (TPSA) is 113 Å². The van der Waals surface area contributed by atoms with Crippen LogP contribution in [0, 0.1) is 21.4 Å².